The quantitative estimate of drug-likeness (QED) is 0.799. The van der Waals surface area contributed by atoms with Crippen molar-refractivity contribution in [2.45, 2.75) is 40.0 Å². The van der Waals surface area contributed by atoms with Gasteiger partial charge in [0.2, 0.25) is 11.8 Å². The van der Waals surface area contributed by atoms with Crippen LogP contribution in [0.5, 0.6) is 0 Å². The van der Waals surface area contributed by atoms with Crippen molar-refractivity contribution in [3.05, 3.63) is 0 Å². The first-order chi connectivity index (χ1) is 12.2. The van der Waals surface area contributed by atoms with Crippen LogP contribution in [0.1, 0.15) is 40.0 Å². The summed E-state index contributed by atoms with van der Waals surface area (Å²) < 4.78 is 0. The molecule has 0 aromatic heterocycles. The highest BCUT2D eigenvalue weighted by Gasteiger charge is 2.65. The molecule has 1 atom stereocenters. The van der Waals surface area contributed by atoms with Crippen molar-refractivity contribution in [3.8, 4) is 0 Å². The minimum Gasteiger partial charge on any atom is -0.345 e. The second-order valence-corrected chi connectivity index (χ2v) is 8.78. The number of rotatable bonds is 2. The Labute approximate surface area is 156 Å². The van der Waals surface area contributed by atoms with Crippen LogP contribution in [0.3, 0.4) is 0 Å². The Hall–Kier alpha value is -1.79. The van der Waals surface area contributed by atoms with Crippen LogP contribution in [0.15, 0.2) is 0 Å². The molecule has 3 heterocycles. The SMILES string of the molecule is CC(=O)N1CC2(CCN(C(=O)NCC(C)C)CC2)C2(CCN(C)C2=O)C1. The van der Waals surface area contributed by atoms with E-state index in [0.29, 0.717) is 38.6 Å². The van der Waals surface area contributed by atoms with Gasteiger partial charge in [-0.15, -0.1) is 0 Å². The van der Waals surface area contributed by atoms with E-state index in [9.17, 15) is 14.4 Å². The lowest BCUT2D eigenvalue weighted by Gasteiger charge is -2.46. The largest absolute Gasteiger partial charge is 0.345 e. The summed E-state index contributed by atoms with van der Waals surface area (Å²) in [5.74, 6) is 0.642. The molecule has 1 N–H and O–H groups in total. The van der Waals surface area contributed by atoms with Crippen molar-refractivity contribution in [2.24, 2.45) is 16.7 Å². The summed E-state index contributed by atoms with van der Waals surface area (Å²) in [7, 11) is 1.86. The van der Waals surface area contributed by atoms with Gasteiger partial charge in [-0.3, -0.25) is 9.59 Å². The monoisotopic (exact) mass is 364 g/mol. The number of nitrogens with one attached hydrogen (secondary N) is 1. The maximum atomic E-state index is 13.1. The first kappa shape index (κ1) is 19.0. The summed E-state index contributed by atoms with van der Waals surface area (Å²) in [5, 5.41) is 2.98. The zero-order chi connectivity index (χ0) is 19.1. The van der Waals surface area contributed by atoms with E-state index in [4.69, 9.17) is 0 Å². The number of nitrogens with zero attached hydrogens (tertiary/aromatic N) is 3. The molecule has 0 aliphatic carbocycles. The summed E-state index contributed by atoms with van der Waals surface area (Å²) in [5.41, 5.74) is -0.663. The lowest BCUT2D eigenvalue weighted by molar-refractivity contribution is -0.141. The van der Waals surface area contributed by atoms with Crippen LogP contribution in [0.2, 0.25) is 0 Å². The van der Waals surface area contributed by atoms with Gasteiger partial charge in [0.1, 0.15) is 0 Å². The van der Waals surface area contributed by atoms with E-state index in [1.54, 1.807) is 6.92 Å². The van der Waals surface area contributed by atoms with Gasteiger partial charge in [-0.2, -0.15) is 0 Å². The summed E-state index contributed by atoms with van der Waals surface area (Å²) in [6, 6.07) is -0.0149. The summed E-state index contributed by atoms with van der Waals surface area (Å²) in [6.07, 6.45) is 2.38. The average Bonchev–Trinajstić information content (AvgIpc) is 3.07. The molecule has 1 unspecified atom stereocenters. The molecule has 0 aromatic rings. The molecule has 2 spiro atoms. The molecule has 0 radical (unpaired) electrons. The zero-order valence-electron chi connectivity index (χ0n) is 16.5. The van der Waals surface area contributed by atoms with Crippen LogP contribution in [-0.2, 0) is 9.59 Å². The van der Waals surface area contributed by atoms with Gasteiger partial charge in [-0.05, 0) is 25.2 Å². The van der Waals surface area contributed by atoms with Gasteiger partial charge in [-0.1, -0.05) is 13.8 Å². The lowest BCUT2D eigenvalue weighted by atomic mass is 9.60. The molecule has 7 heteroatoms. The van der Waals surface area contributed by atoms with Crippen molar-refractivity contribution >= 4 is 17.8 Å². The Morgan fingerprint density at radius 1 is 1.08 bits per heavy atom. The highest BCUT2D eigenvalue weighted by Crippen LogP contribution is 2.57. The minimum absolute atomic E-state index is 0.0149. The van der Waals surface area contributed by atoms with Crippen molar-refractivity contribution in [3.63, 3.8) is 0 Å². The number of hydrogen-bond acceptors (Lipinski definition) is 3. The van der Waals surface area contributed by atoms with E-state index >= 15 is 0 Å². The molecule has 146 valence electrons. The molecule has 3 saturated heterocycles. The Morgan fingerprint density at radius 2 is 1.73 bits per heavy atom. The zero-order valence-corrected chi connectivity index (χ0v) is 16.5. The molecule has 3 rings (SSSR count). The Kier molecular flexibility index (Phi) is 4.92. The maximum Gasteiger partial charge on any atom is 0.317 e. The normalized spacial score (nSPS) is 27.9. The van der Waals surface area contributed by atoms with E-state index in [0.717, 1.165) is 25.8 Å². The van der Waals surface area contributed by atoms with Crippen molar-refractivity contribution in [1.82, 2.24) is 20.0 Å². The molecule has 0 saturated carbocycles. The standard InChI is InChI=1S/C19H32N4O3/c1-14(2)11-20-17(26)22-9-5-18(6-10-22)12-23(15(3)24)13-19(18)7-8-21(4)16(19)25/h14H,5-13H2,1-4H3,(H,20,26). The highest BCUT2D eigenvalue weighted by atomic mass is 16.2. The third-order valence-electron chi connectivity index (χ3n) is 6.71. The van der Waals surface area contributed by atoms with E-state index in [1.807, 2.05) is 21.7 Å². The summed E-state index contributed by atoms with van der Waals surface area (Å²) in [6.45, 7) is 9.64. The molecule has 0 bridgehead atoms. The van der Waals surface area contributed by atoms with Crippen molar-refractivity contribution in [1.29, 1.82) is 0 Å². The average molecular weight is 364 g/mol. The number of carbonyl (C=O) groups is 3. The number of urea groups is 1. The minimum atomic E-state index is -0.464. The molecule has 3 aliphatic rings. The molecule has 0 aromatic carbocycles. The van der Waals surface area contributed by atoms with Crippen LogP contribution in [-0.4, -0.2) is 78.9 Å². The molecular formula is C19H32N4O3. The molecule has 3 aliphatic heterocycles. The highest BCUT2D eigenvalue weighted by molar-refractivity contribution is 5.88. The molecular weight excluding hydrogens is 332 g/mol. The van der Waals surface area contributed by atoms with Gasteiger partial charge in [0.05, 0.1) is 5.41 Å². The smallest absolute Gasteiger partial charge is 0.317 e. The van der Waals surface area contributed by atoms with Crippen LogP contribution < -0.4 is 5.32 Å². The number of fused-ring (bicyclic) bond motifs is 1. The van der Waals surface area contributed by atoms with Crippen molar-refractivity contribution in [2.75, 3.05) is 46.3 Å². The van der Waals surface area contributed by atoms with E-state index in [1.165, 1.54) is 0 Å². The summed E-state index contributed by atoms with van der Waals surface area (Å²) in [4.78, 5) is 43.0. The Morgan fingerprint density at radius 3 is 2.23 bits per heavy atom. The van der Waals surface area contributed by atoms with E-state index in [2.05, 4.69) is 19.2 Å². The van der Waals surface area contributed by atoms with Gasteiger partial charge in [0.25, 0.3) is 0 Å². The fourth-order valence-corrected chi connectivity index (χ4v) is 5.04. The molecule has 4 amide bonds. The van der Waals surface area contributed by atoms with E-state index < -0.39 is 5.41 Å². The number of amides is 4. The van der Waals surface area contributed by atoms with Crippen LogP contribution >= 0.6 is 0 Å². The van der Waals surface area contributed by atoms with E-state index in [-0.39, 0.29) is 23.3 Å². The van der Waals surface area contributed by atoms with Crippen LogP contribution in [0.25, 0.3) is 0 Å². The van der Waals surface area contributed by atoms with Crippen molar-refractivity contribution < 1.29 is 14.4 Å². The third-order valence-corrected chi connectivity index (χ3v) is 6.71. The number of hydrogen-bond donors (Lipinski definition) is 1. The number of likely N-dealkylation sites (tertiary alicyclic amines) is 3. The molecule has 3 fully saturated rings. The fraction of sp³-hybridized carbons (Fsp3) is 0.842. The molecule has 26 heavy (non-hydrogen) atoms. The topological polar surface area (TPSA) is 73.0 Å². The predicted molar refractivity (Wildman–Crippen MR) is 98.4 cm³/mol. The first-order valence-corrected chi connectivity index (χ1v) is 9.75. The van der Waals surface area contributed by atoms with Gasteiger partial charge >= 0.3 is 6.03 Å². The van der Waals surface area contributed by atoms with Crippen LogP contribution in [0.4, 0.5) is 4.79 Å². The predicted octanol–water partition coefficient (Wildman–Crippen LogP) is 1.14. The van der Waals surface area contributed by atoms with Gasteiger partial charge in [0, 0.05) is 58.7 Å². The number of piperidine rings is 1. The maximum absolute atomic E-state index is 13.1. The van der Waals surface area contributed by atoms with Gasteiger partial charge < -0.3 is 20.0 Å². The van der Waals surface area contributed by atoms with Crippen LogP contribution in [0, 0.1) is 16.7 Å². The lowest BCUT2D eigenvalue weighted by Crippen LogP contribution is -2.55. The summed E-state index contributed by atoms with van der Waals surface area (Å²) >= 11 is 0. The number of carbonyl (C=O) groups excluding carboxylic acids is 3. The third kappa shape index (κ3) is 2.95. The first-order valence-electron chi connectivity index (χ1n) is 9.75. The molecule has 7 nitrogen and oxygen atoms in total. The second kappa shape index (κ2) is 6.74. The van der Waals surface area contributed by atoms with Gasteiger partial charge in [0.15, 0.2) is 0 Å². The Balaban J connectivity index is 1.75. The van der Waals surface area contributed by atoms with Gasteiger partial charge in [-0.25, -0.2) is 4.79 Å². The fourth-order valence-electron chi connectivity index (χ4n) is 5.04. The Bertz CT molecular complexity index is 598. The second-order valence-electron chi connectivity index (χ2n) is 8.78.